The molecule has 3 aromatic rings. The number of carbonyl (C=O) groups is 1. The van der Waals surface area contributed by atoms with Gasteiger partial charge in [0.05, 0.1) is 0 Å². The van der Waals surface area contributed by atoms with Gasteiger partial charge in [0, 0.05) is 23.0 Å². The maximum atomic E-state index is 12.6. The number of benzene rings is 3. The number of hydrogen-bond acceptors (Lipinski definition) is 2. The fourth-order valence-electron chi connectivity index (χ4n) is 2.67. The molecule has 0 aromatic heterocycles. The SMILES string of the molecule is O=C(C[C@H](/C=C/c1ccccc1)SCc1ccccc1)c1ccccc1. The van der Waals surface area contributed by atoms with E-state index < -0.39 is 0 Å². The Labute approximate surface area is 159 Å². The largest absolute Gasteiger partial charge is 0.294 e. The van der Waals surface area contributed by atoms with Gasteiger partial charge in [0.25, 0.3) is 0 Å². The maximum Gasteiger partial charge on any atom is 0.164 e. The van der Waals surface area contributed by atoms with Gasteiger partial charge in [-0.1, -0.05) is 103 Å². The average molecular weight is 359 g/mol. The van der Waals surface area contributed by atoms with E-state index in [9.17, 15) is 4.79 Å². The number of thioether (sulfide) groups is 1. The molecule has 0 saturated carbocycles. The van der Waals surface area contributed by atoms with Crippen LogP contribution < -0.4 is 0 Å². The number of ketones is 1. The molecule has 0 spiro atoms. The number of hydrogen-bond donors (Lipinski definition) is 0. The molecule has 0 saturated heterocycles. The van der Waals surface area contributed by atoms with Gasteiger partial charge in [-0.15, -0.1) is 11.8 Å². The monoisotopic (exact) mass is 358 g/mol. The Kier molecular flexibility index (Phi) is 6.86. The lowest BCUT2D eigenvalue weighted by Crippen LogP contribution is -2.09. The summed E-state index contributed by atoms with van der Waals surface area (Å²) in [6, 6.07) is 30.2. The van der Waals surface area contributed by atoms with Crippen LogP contribution in [0.2, 0.25) is 0 Å². The van der Waals surface area contributed by atoms with Crippen LogP contribution in [-0.4, -0.2) is 11.0 Å². The van der Waals surface area contributed by atoms with Crippen LogP contribution in [0.3, 0.4) is 0 Å². The summed E-state index contributed by atoms with van der Waals surface area (Å²) in [4.78, 5) is 12.6. The van der Waals surface area contributed by atoms with Crippen molar-refractivity contribution in [2.45, 2.75) is 17.4 Å². The summed E-state index contributed by atoms with van der Waals surface area (Å²) in [5.74, 6) is 1.08. The molecule has 0 aliphatic rings. The zero-order valence-electron chi connectivity index (χ0n) is 14.6. The van der Waals surface area contributed by atoms with Gasteiger partial charge in [-0.3, -0.25) is 4.79 Å². The van der Waals surface area contributed by atoms with Gasteiger partial charge in [-0.05, 0) is 11.1 Å². The highest BCUT2D eigenvalue weighted by Gasteiger charge is 2.13. The van der Waals surface area contributed by atoms with E-state index in [1.165, 1.54) is 5.56 Å². The van der Waals surface area contributed by atoms with E-state index in [1.807, 2.05) is 66.4 Å². The van der Waals surface area contributed by atoms with Crippen LogP contribution in [0.1, 0.15) is 27.9 Å². The fourth-order valence-corrected chi connectivity index (χ4v) is 3.73. The minimum Gasteiger partial charge on any atom is -0.294 e. The van der Waals surface area contributed by atoms with E-state index in [4.69, 9.17) is 0 Å². The van der Waals surface area contributed by atoms with Crippen LogP contribution in [0.15, 0.2) is 97.1 Å². The molecule has 0 N–H and O–H groups in total. The Morgan fingerprint density at radius 2 is 1.38 bits per heavy atom. The molecule has 26 heavy (non-hydrogen) atoms. The predicted molar refractivity (Wildman–Crippen MR) is 112 cm³/mol. The van der Waals surface area contributed by atoms with Gasteiger partial charge >= 0.3 is 0 Å². The molecule has 0 radical (unpaired) electrons. The normalized spacial score (nSPS) is 12.2. The third-order valence-electron chi connectivity index (χ3n) is 4.09. The van der Waals surface area contributed by atoms with Crippen molar-refractivity contribution in [3.05, 3.63) is 114 Å². The molecule has 1 atom stereocenters. The first-order valence-electron chi connectivity index (χ1n) is 8.78. The van der Waals surface area contributed by atoms with E-state index >= 15 is 0 Å². The molecule has 0 unspecified atom stereocenters. The molecule has 0 aliphatic heterocycles. The molecular weight excluding hydrogens is 336 g/mol. The topological polar surface area (TPSA) is 17.1 Å². The molecule has 0 aliphatic carbocycles. The van der Waals surface area contributed by atoms with Crippen molar-refractivity contribution in [1.82, 2.24) is 0 Å². The Morgan fingerprint density at radius 3 is 2.04 bits per heavy atom. The summed E-state index contributed by atoms with van der Waals surface area (Å²) in [5.41, 5.74) is 3.22. The Hall–Kier alpha value is -2.58. The minimum atomic E-state index is 0.142. The number of carbonyl (C=O) groups excluding carboxylic acids is 1. The van der Waals surface area contributed by atoms with Crippen LogP contribution in [0.4, 0.5) is 0 Å². The molecule has 0 fully saturated rings. The highest BCUT2D eigenvalue weighted by Crippen LogP contribution is 2.24. The first kappa shape index (κ1) is 18.2. The average Bonchev–Trinajstić information content (AvgIpc) is 2.72. The number of rotatable bonds is 8. The van der Waals surface area contributed by atoms with Crippen LogP contribution in [0.5, 0.6) is 0 Å². The molecule has 130 valence electrons. The van der Waals surface area contributed by atoms with Crippen molar-refractivity contribution in [2.24, 2.45) is 0 Å². The first-order valence-corrected chi connectivity index (χ1v) is 9.83. The van der Waals surface area contributed by atoms with Gasteiger partial charge in [0.2, 0.25) is 0 Å². The number of Topliss-reactive ketones (excluding diaryl/α,β-unsaturated/α-hetero) is 1. The Balaban J connectivity index is 1.70. The lowest BCUT2D eigenvalue weighted by molar-refractivity contribution is 0.0985. The molecular formula is C24H22OS. The minimum absolute atomic E-state index is 0.142. The van der Waals surface area contributed by atoms with Gasteiger partial charge in [0.1, 0.15) is 0 Å². The zero-order chi connectivity index (χ0) is 18.0. The van der Waals surface area contributed by atoms with Crippen LogP contribution in [-0.2, 0) is 5.75 Å². The third kappa shape index (κ3) is 5.75. The predicted octanol–water partition coefficient (Wildman–Crippen LogP) is 6.27. The van der Waals surface area contributed by atoms with E-state index in [1.54, 1.807) is 0 Å². The lowest BCUT2D eigenvalue weighted by atomic mass is 10.1. The molecule has 2 heteroatoms. The van der Waals surface area contributed by atoms with E-state index in [0.717, 1.165) is 16.9 Å². The standard InChI is InChI=1S/C24H22OS/c25-24(22-14-8-3-9-15-22)18-23(17-16-20-10-4-1-5-11-20)26-19-21-12-6-2-7-13-21/h1-17,23H,18-19H2/b17-16+/t23-/m0/s1. The summed E-state index contributed by atoms with van der Waals surface area (Å²) < 4.78 is 0. The van der Waals surface area contributed by atoms with Gasteiger partial charge in [-0.2, -0.15) is 0 Å². The molecule has 0 bridgehead atoms. The molecule has 3 rings (SSSR count). The Bertz CT molecular complexity index is 826. The van der Waals surface area contributed by atoms with Gasteiger partial charge < -0.3 is 0 Å². The highest BCUT2D eigenvalue weighted by atomic mass is 32.2. The van der Waals surface area contributed by atoms with Crippen molar-refractivity contribution in [3.63, 3.8) is 0 Å². The second-order valence-electron chi connectivity index (χ2n) is 6.10. The summed E-state index contributed by atoms with van der Waals surface area (Å²) in [6.07, 6.45) is 4.77. The summed E-state index contributed by atoms with van der Waals surface area (Å²) in [6.45, 7) is 0. The second kappa shape index (κ2) is 9.79. The van der Waals surface area contributed by atoms with Crippen molar-refractivity contribution < 1.29 is 4.79 Å². The second-order valence-corrected chi connectivity index (χ2v) is 7.33. The molecule has 3 aromatic carbocycles. The van der Waals surface area contributed by atoms with Crippen molar-refractivity contribution in [2.75, 3.05) is 0 Å². The van der Waals surface area contributed by atoms with Crippen molar-refractivity contribution >= 4 is 23.6 Å². The fraction of sp³-hybridized carbons (Fsp3) is 0.125. The van der Waals surface area contributed by atoms with Crippen LogP contribution in [0.25, 0.3) is 6.08 Å². The van der Waals surface area contributed by atoms with E-state index in [2.05, 4.69) is 48.6 Å². The molecule has 0 amide bonds. The van der Waals surface area contributed by atoms with Crippen LogP contribution >= 0.6 is 11.8 Å². The summed E-state index contributed by atoms with van der Waals surface area (Å²) in [7, 11) is 0. The van der Waals surface area contributed by atoms with Gasteiger partial charge in [-0.25, -0.2) is 0 Å². The summed E-state index contributed by atoms with van der Waals surface area (Å²) in [5, 5.41) is 0.142. The first-order chi connectivity index (χ1) is 12.8. The third-order valence-corrected chi connectivity index (χ3v) is 5.34. The maximum absolute atomic E-state index is 12.6. The quantitative estimate of drug-likeness (QED) is 0.441. The Morgan fingerprint density at radius 1 is 0.808 bits per heavy atom. The van der Waals surface area contributed by atoms with E-state index in [-0.39, 0.29) is 11.0 Å². The molecule has 0 heterocycles. The van der Waals surface area contributed by atoms with Crippen molar-refractivity contribution in [3.8, 4) is 0 Å². The van der Waals surface area contributed by atoms with Crippen molar-refractivity contribution in [1.29, 1.82) is 0 Å². The highest BCUT2D eigenvalue weighted by molar-refractivity contribution is 7.99. The lowest BCUT2D eigenvalue weighted by Gasteiger charge is -2.12. The smallest absolute Gasteiger partial charge is 0.164 e. The molecule has 1 nitrogen and oxygen atoms in total. The zero-order valence-corrected chi connectivity index (χ0v) is 15.4. The van der Waals surface area contributed by atoms with Crippen LogP contribution in [0, 0.1) is 0 Å². The summed E-state index contributed by atoms with van der Waals surface area (Å²) >= 11 is 1.81. The van der Waals surface area contributed by atoms with Gasteiger partial charge in [0.15, 0.2) is 5.78 Å². The van der Waals surface area contributed by atoms with E-state index in [0.29, 0.717) is 6.42 Å².